The number of nitrogens with one attached hydrogen (secondary N) is 1. The average molecular weight is 288 g/mol. The third-order valence-corrected chi connectivity index (χ3v) is 3.98. The van der Waals surface area contributed by atoms with Crippen LogP contribution in [0.2, 0.25) is 0 Å². The van der Waals surface area contributed by atoms with Gasteiger partial charge in [-0.15, -0.1) is 0 Å². The van der Waals surface area contributed by atoms with Gasteiger partial charge in [0.15, 0.2) is 0 Å². The SMILES string of the molecule is COCCNCC1CCCCN1Cc1cccnc1C#N. The maximum atomic E-state index is 9.16. The molecular weight excluding hydrogens is 264 g/mol. The molecule has 0 aromatic carbocycles. The highest BCUT2D eigenvalue weighted by molar-refractivity contribution is 5.30. The Kier molecular flexibility index (Phi) is 6.61. The zero-order chi connectivity index (χ0) is 14.9. The Balaban J connectivity index is 1.93. The fraction of sp³-hybridized carbons (Fsp3) is 0.625. The first kappa shape index (κ1) is 15.9. The number of aromatic nitrogens is 1. The molecular formula is C16H24N4O. The summed E-state index contributed by atoms with van der Waals surface area (Å²) in [7, 11) is 1.72. The van der Waals surface area contributed by atoms with Crippen LogP contribution >= 0.6 is 0 Å². The number of likely N-dealkylation sites (tertiary alicyclic amines) is 1. The fourth-order valence-electron chi connectivity index (χ4n) is 2.83. The van der Waals surface area contributed by atoms with E-state index in [4.69, 9.17) is 10.00 Å². The van der Waals surface area contributed by atoms with Crippen LogP contribution in [-0.4, -0.2) is 49.3 Å². The molecule has 0 bridgehead atoms. The van der Waals surface area contributed by atoms with Gasteiger partial charge < -0.3 is 10.1 Å². The smallest absolute Gasteiger partial charge is 0.144 e. The van der Waals surface area contributed by atoms with Crippen molar-refractivity contribution in [3.8, 4) is 6.07 Å². The van der Waals surface area contributed by atoms with Gasteiger partial charge in [-0.2, -0.15) is 5.26 Å². The summed E-state index contributed by atoms with van der Waals surface area (Å²) in [5.74, 6) is 0. The molecule has 0 amide bonds. The van der Waals surface area contributed by atoms with Gasteiger partial charge in [0.2, 0.25) is 0 Å². The molecule has 1 aliphatic heterocycles. The van der Waals surface area contributed by atoms with Crippen molar-refractivity contribution in [3.05, 3.63) is 29.6 Å². The standard InChI is InChI=1S/C16H24N4O/c1-21-10-8-18-12-15-6-2-3-9-20(15)13-14-5-4-7-19-16(14)11-17/h4-5,7,15,18H,2-3,6,8-10,12-13H2,1H3. The molecule has 1 N–H and O–H groups in total. The van der Waals surface area contributed by atoms with Crippen molar-refractivity contribution in [1.29, 1.82) is 5.26 Å². The van der Waals surface area contributed by atoms with Crippen molar-refractivity contribution in [3.63, 3.8) is 0 Å². The molecule has 1 atom stereocenters. The van der Waals surface area contributed by atoms with Crippen LogP contribution in [0, 0.1) is 11.3 Å². The zero-order valence-electron chi connectivity index (χ0n) is 12.7. The van der Waals surface area contributed by atoms with Crippen molar-refractivity contribution in [1.82, 2.24) is 15.2 Å². The quantitative estimate of drug-likeness (QED) is 0.771. The van der Waals surface area contributed by atoms with Crippen LogP contribution in [0.25, 0.3) is 0 Å². The van der Waals surface area contributed by atoms with Crippen molar-refractivity contribution >= 4 is 0 Å². The average Bonchev–Trinajstić information content (AvgIpc) is 2.53. The molecule has 1 fully saturated rings. The Morgan fingerprint density at radius 2 is 2.43 bits per heavy atom. The molecule has 0 aliphatic carbocycles. The Morgan fingerprint density at radius 1 is 1.52 bits per heavy atom. The van der Waals surface area contributed by atoms with Crippen LogP contribution in [0.4, 0.5) is 0 Å². The number of nitrogens with zero attached hydrogens (tertiary/aromatic N) is 3. The van der Waals surface area contributed by atoms with E-state index in [1.807, 2.05) is 12.1 Å². The first-order valence-corrected chi connectivity index (χ1v) is 7.63. The molecule has 1 aliphatic rings. The maximum absolute atomic E-state index is 9.16. The lowest BCUT2D eigenvalue weighted by molar-refractivity contribution is 0.133. The molecule has 0 spiro atoms. The molecule has 2 rings (SSSR count). The van der Waals surface area contributed by atoms with Crippen LogP contribution in [0.15, 0.2) is 18.3 Å². The van der Waals surface area contributed by atoms with E-state index >= 15 is 0 Å². The highest BCUT2D eigenvalue weighted by atomic mass is 16.5. The van der Waals surface area contributed by atoms with Gasteiger partial charge in [0, 0.05) is 44.5 Å². The molecule has 5 nitrogen and oxygen atoms in total. The number of ether oxygens (including phenoxy) is 1. The van der Waals surface area contributed by atoms with E-state index in [1.165, 1.54) is 19.3 Å². The number of nitriles is 1. The van der Waals surface area contributed by atoms with E-state index in [0.29, 0.717) is 11.7 Å². The first-order valence-electron chi connectivity index (χ1n) is 7.63. The van der Waals surface area contributed by atoms with Gasteiger partial charge in [0.25, 0.3) is 0 Å². The summed E-state index contributed by atoms with van der Waals surface area (Å²) in [5, 5.41) is 12.6. The predicted molar refractivity (Wildman–Crippen MR) is 81.7 cm³/mol. The first-order chi connectivity index (χ1) is 10.3. The second kappa shape index (κ2) is 8.73. The third kappa shape index (κ3) is 4.78. The minimum atomic E-state index is 0.530. The number of methoxy groups -OCH3 is 1. The minimum absolute atomic E-state index is 0.530. The van der Waals surface area contributed by atoms with Gasteiger partial charge in [-0.3, -0.25) is 4.90 Å². The van der Waals surface area contributed by atoms with Crippen LogP contribution in [-0.2, 0) is 11.3 Å². The molecule has 1 saturated heterocycles. The second-order valence-corrected chi connectivity index (χ2v) is 5.44. The fourth-order valence-corrected chi connectivity index (χ4v) is 2.83. The van der Waals surface area contributed by atoms with Gasteiger partial charge in [-0.05, 0) is 25.5 Å². The van der Waals surface area contributed by atoms with Gasteiger partial charge in [-0.1, -0.05) is 12.5 Å². The molecule has 1 aromatic rings. The van der Waals surface area contributed by atoms with Crippen molar-refractivity contribution in [2.75, 3.05) is 33.4 Å². The Labute approximate surface area is 126 Å². The number of hydrogen-bond acceptors (Lipinski definition) is 5. The van der Waals surface area contributed by atoms with E-state index in [2.05, 4.69) is 21.3 Å². The third-order valence-electron chi connectivity index (χ3n) is 3.98. The monoisotopic (exact) mass is 288 g/mol. The van der Waals surface area contributed by atoms with Crippen molar-refractivity contribution in [2.24, 2.45) is 0 Å². The van der Waals surface area contributed by atoms with E-state index in [1.54, 1.807) is 13.3 Å². The van der Waals surface area contributed by atoms with Gasteiger partial charge in [-0.25, -0.2) is 4.98 Å². The molecule has 21 heavy (non-hydrogen) atoms. The normalized spacial score (nSPS) is 19.3. The van der Waals surface area contributed by atoms with Crippen LogP contribution < -0.4 is 5.32 Å². The number of rotatable bonds is 7. The summed E-state index contributed by atoms with van der Waals surface area (Å²) in [6.07, 6.45) is 5.41. The lowest BCUT2D eigenvalue weighted by atomic mass is 10.0. The summed E-state index contributed by atoms with van der Waals surface area (Å²) in [6.45, 7) is 4.51. The Morgan fingerprint density at radius 3 is 3.24 bits per heavy atom. The summed E-state index contributed by atoms with van der Waals surface area (Å²) in [4.78, 5) is 6.63. The maximum Gasteiger partial charge on any atom is 0.144 e. The van der Waals surface area contributed by atoms with Crippen molar-refractivity contribution in [2.45, 2.75) is 31.8 Å². The van der Waals surface area contributed by atoms with Crippen LogP contribution in [0.5, 0.6) is 0 Å². The number of pyridine rings is 1. The highest BCUT2D eigenvalue weighted by Gasteiger charge is 2.22. The van der Waals surface area contributed by atoms with Gasteiger partial charge in [0.05, 0.1) is 6.61 Å². The lowest BCUT2D eigenvalue weighted by Crippen LogP contribution is -2.45. The molecule has 0 saturated carbocycles. The molecule has 114 valence electrons. The summed E-state index contributed by atoms with van der Waals surface area (Å²) in [5.41, 5.74) is 1.58. The van der Waals surface area contributed by atoms with E-state index in [9.17, 15) is 0 Å². The summed E-state index contributed by atoms with van der Waals surface area (Å²) < 4.78 is 5.06. The summed E-state index contributed by atoms with van der Waals surface area (Å²) >= 11 is 0. The van der Waals surface area contributed by atoms with E-state index in [0.717, 1.165) is 38.3 Å². The zero-order valence-corrected chi connectivity index (χ0v) is 12.7. The topological polar surface area (TPSA) is 61.2 Å². The van der Waals surface area contributed by atoms with Gasteiger partial charge in [0.1, 0.15) is 11.8 Å². The van der Waals surface area contributed by atoms with Crippen LogP contribution in [0.3, 0.4) is 0 Å². The van der Waals surface area contributed by atoms with Crippen molar-refractivity contribution < 1.29 is 4.74 Å². The predicted octanol–water partition coefficient (Wildman–Crippen LogP) is 1.54. The molecule has 1 unspecified atom stereocenters. The number of hydrogen-bond donors (Lipinski definition) is 1. The Bertz CT molecular complexity index is 472. The Hall–Kier alpha value is -1.48. The highest BCUT2D eigenvalue weighted by Crippen LogP contribution is 2.20. The molecule has 1 aromatic heterocycles. The molecule has 2 heterocycles. The minimum Gasteiger partial charge on any atom is -0.383 e. The van der Waals surface area contributed by atoms with E-state index < -0.39 is 0 Å². The van der Waals surface area contributed by atoms with Crippen LogP contribution in [0.1, 0.15) is 30.5 Å². The van der Waals surface area contributed by atoms with Gasteiger partial charge >= 0.3 is 0 Å². The number of piperidine rings is 1. The second-order valence-electron chi connectivity index (χ2n) is 5.44. The summed E-state index contributed by atoms with van der Waals surface area (Å²) in [6, 6.07) is 6.64. The molecule has 5 heteroatoms. The lowest BCUT2D eigenvalue weighted by Gasteiger charge is -2.36. The molecule has 0 radical (unpaired) electrons. The van der Waals surface area contributed by atoms with E-state index in [-0.39, 0.29) is 0 Å². The largest absolute Gasteiger partial charge is 0.383 e.